The van der Waals surface area contributed by atoms with Crippen LogP contribution in [0.25, 0.3) is 0 Å². The van der Waals surface area contributed by atoms with Gasteiger partial charge in [-0.05, 0) is 46.1 Å². The number of hydrogen-bond acceptors (Lipinski definition) is 5. The molecule has 0 fully saturated rings. The standard InChI is InChI=1S/C11H13BrN4S/c1-2-13-10(11-7-17-16-15-11)5-9-4-3-8(12)6-14-9/h3-4,6-7,10,13H,2,5H2,1H3. The van der Waals surface area contributed by atoms with E-state index < -0.39 is 0 Å². The van der Waals surface area contributed by atoms with E-state index in [-0.39, 0.29) is 6.04 Å². The fourth-order valence-electron chi connectivity index (χ4n) is 1.59. The fraction of sp³-hybridized carbons (Fsp3) is 0.364. The Labute approximate surface area is 113 Å². The van der Waals surface area contributed by atoms with E-state index in [1.165, 1.54) is 11.5 Å². The average molecular weight is 313 g/mol. The Balaban J connectivity index is 2.10. The summed E-state index contributed by atoms with van der Waals surface area (Å²) in [5.74, 6) is 0. The molecule has 0 bridgehead atoms. The number of nitrogens with one attached hydrogen (secondary N) is 1. The highest BCUT2D eigenvalue weighted by atomic mass is 79.9. The molecule has 1 atom stereocenters. The number of likely N-dealkylation sites (N-methyl/N-ethyl adjacent to an activating group) is 1. The van der Waals surface area contributed by atoms with Gasteiger partial charge in [0.25, 0.3) is 0 Å². The van der Waals surface area contributed by atoms with Crippen molar-refractivity contribution in [3.8, 4) is 0 Å². The van der Waals surface area contributed by atoms with Crippen LogP contribution in [0.2, 0.25) is 0 Å². The Morgan fingerprint density at radius 2 is 2.35 bits per heavy atom. The molecule has 0 aliphatic carbocycles. The minimum atomic E-state index is 0.187. The zero-order valence-electron chi connectivity index (χ0n) is 9.43. The molecule has 0 radical (unpaired) electrons. The zero-order valence-corrected chi connectivity index (χ0v) is 11.8. The van der Waals surface area contributed by atoms with Gasteiger partial charge < -0.3 is 5.32 Å². The third kappa shape index (κ3) is 3.55. The smallest absolute Gasteiger partial charge is 0.0928 e. The van der Waals surface area contributed by atoms with Gasteiger partial charge in [-0.3, -0.25) is 4.98 Å². The molecule has 17 heavy (non-hydrogen) atoms. The SMILES string of the molecule is CCNC(Cc1ccc(Br)cn1)c1csnn1. The highest BCUT2D eigenvalue weighted by Gasteiger charge is 2.14. The van der Waals surface area contributed by atoms with Crippen molar-refractivity contribution >= 4 is 27.5 Å². The highest BCUT2D eigenvalue weighted by Crippen LogP contribution is 2.17. The van der Waals surface area contributed by atoms with Gasteiger partial charge in [0, 0.05) is 28.2 Å². The first kappa shape index (κ1) is 12.6. The predicted octanol–water partition coefficient (Wildman–Crippen LogP) is 2.59. The molecule has 90 valence electrons. The number of aromatic nitrogens is 3. The van der Waals surface area contributed by atoms with Gasteiger partial charge in [-0.1, -0.05) is 11.4 Å². The lowest BCUT2D eigenvalue weighted by atomic mass is 10.1. The van der Waals surface area contributed by atoms with E-state index in [0.717, 1.165) is 28.8 Å². The molecule has 0 amide bonds. The first-order valence-corrected chi connectivity index (χ1v) is 7.03. The Hall–Kier alpha value is -0.850. The van der Waals surface area contributed by atoms with Gasteiger partial charge in [-0.15, -0.1) is 5.10 Å². The molecular weight excluding hydrogens is 300 g/mol. The molecule has 0 aliphatic rings. The lowest BCUT2D eigenvalue weighted by molar-refractivity contribution is 0.530. The van der Waals surface area contributed by atoms with Crippen LogP contribution in [0.15, 0.2) is 28.2 Å². The van der Waals surface area contributed by atoms with E-state index in [0.29, 0.717) is 0 Å². The van der Waals surface area contributed by atoms with Crippen molar-refractivity contribution in [1.82, 2.24) is 19.9 Å². The number of pyridine rings is 1. The van der Waals surface area contributed by atoms with E-state index in [4.69, 9.17) is 0 Å². The highest BCUT2D eigenvalue weighted by molar-refractivity contribution is 9.10. The lowest BCUT2D eigenvalue weighted by Crippen LogP contribution is -2.23. The van der Waals surface area contributed by atoms with E-state index in [9.17, 15) is 0 Å². The summed E-state index contributed by atoms with van der Waals surface area (Å²) in [4.78, 5) is 4.38. The third-order valence-electron chi connectivity index (χ3n) is 2.39. The number of nitrogens with zero attached hydrogens (tertiary/aromatic N) is 3. The quantitative estimate of drug-likeness (QED) is 0.922. The summed E-state index contributed by atoms with van der Waals surface area (Å²) in [7, 11) is 0. The van der Waals surface area contributed by atoms with Crippen molar-refractivity contribution in [2.24, 2.45) is 0 Å². The zero-order chi connectivity index (χ0) is 12.1. The van der Waals surface area contributed by atoms with Crippen LogP contribution in [0, 0.1) is 0 Å². The van der Waals surface area contributed by atoms with Crippen molar-refractivity contribution in [2.75, 3.05) is 6.54 Å². The fourth-order valence-corrected chi connectivity index (χ4v) is 2.33. The van der Waals surface area contributed by atoms with Crippen LogP contribution in [0.3, 0.4) is 0 Å². The molecule has 1 N–H and O–H groups in total. The molecule has 0 aliphatic heterocycles. The molecule has 0 saturated heterocycles. The molecule has 4 nitrogen and oxygen atoms in total. The van der Waals surface area contributed by atoms with Gasteiger partial charge in [0.05, 0.1) is 11.7 Å². The van der Waals surface area contributed by atoms with Crippen molar-refractivity contribution in [1.29, 1.82) is 0 Å². The second-order valence-electron chi connectivity index (χ2n) is 3.61. The normalized spacial score (nSPS) is 12.6. The van der Waals surface area contributed by atoms with Crippen LogP contribution in [0.5, 0.6) is 0 Å². The molecule has 2 rings (SSSR count). The van der Waals surface area contributed by atoms with Crippen LogP contribution in [0.4, 0.5) is 0 Å². The maximum Gasteiger partial charge on any atom is 0.0928 e. The van der Waals surface area contributed by atoms with E-state index in [1.807, 2.05) is 23.7 Å². The maximum atomic E-state index is 4.38. The summed E-state index contributed by atoms with van der Waals surface area (Å²) in [5.41, 5.74) is 2.04. The maximum absolute atomic E-state index is 4.38. The van der Waals surface area contributed by atoms with Crippen LogP contribution in [-0.2, 0) is 6.42 Å². The number of hydrogen-bond donors (Lipinski definition) is 1. The number of halogens is 1. The topological polar surface area (TPSA) is 50.7 Å². The monoisotopic (exact) mass is 312 g/mol. The Bertz CT molecular complexity index is 443. The minimum absolute atomic E-state index is 0.187. The summed E-state index contributed by atoms with van der Waals surface area (Å²) < 4.78 is 4.90. The molecule has 2 aromatic heterocycles. The van der Waals surface area contributed by atoms with Gasteiger partial charge in [0.2, 0.25) is 0 Å². The summed E-state index contributed by atoms with van der Waals surface area (Å²) in [6, 6.07) is 4.21. The summed E-state index contributed by atoms with van der Waals surface area (Å²) >= 11 is 4.76. The van der Waals surface area contributed by atoms with Crippen molar-refractivity contribution in [2.45, 2.75) is 19.4 Å². The summed E-state index contributed by atoms with van der Waals surface area (Å²) in [5, 5.41) is 9.50. The van der Waals surface area contributed by atoms with Crippen LogP contribution in [0.1, 0.15) is 24.4 Å². The molecule has 0 spiro atoms. The summed E-state index contributed by atoms with van der Waals surface area (Å²) in [6.45, 7) is 2.99. The van der Waals surface area contributed by atoms with Gasteiger partial charge in [0.15, 0.2) is 0 Å². The van der Waals surface area contributed by atoms with Gasteiger partial charge >= 0.3 is 0 Å². The van der Waals surface area contributed by atoms with Crippen molar-refractivity contribution in [3.63, 3.8) is 0 Å². The van der Waals surface area contributed by atoms with Crippen LogP contribution in [-0.4, -0.2) is 21.1 Å². The lowest BCUT2D eigenvalue weighted by Gasteiger charge is -2.14. The van der Waals surface area contributed by atoms with Crippen molar-refractivity contribution < 1.29 is 0 Å². The second kappa shape index (κ2) is 6.18. The van der Waals surface area contributed by atoms with Crippen molar-refractivity contribution in [3.05, 3.63) is 39.6 Å². The molecule has 0 saturated carbocycles. The van der Waals surface area contributed by atoms with E-state index in [1.54, 1.807) is 0 Å². The Kier molecular flexibility index (Phi) is 4.58. The largest absolute Gasteiger partial charge is 0.308 e. The molecule has 2 heterocycles. The average Bonchev–Trinajstić information content (AvgIpc) is 2.85. The second-order valence-corrected chi connectivity index (χ2v) is 5.14. The number of rotatable bonds is 5. The van der Waals surface area contributed by atoms with Crippen LogP contribution < -0.4 is 5.32 Å². The molecule has 1 unspecified atom stereocenters. The molecule has 0 aromatic carbocycles. The van der Waals surface area contributed by atoms with E-state index >= 15 is 0 Å². The molecular formula is C11H13BrN4S. The first-order chi connectivity index (χ1) is 8.29. The third-order valence-corrected chi connectivity index (χ3v) is 3.38. The summed E-state index contributed by atoms with van der Waals surface area (Å²) in [6.07, 6.45) is 2.64. The van der Waals surface area contributed by atoms with Gasteiger partial charge in [0.1, 0.15) is 0 Å². The van der Waals surface area contributed by atoms with Gasteiger partial charge in [-0.25, -0.2) is 0 Å². The molecule has 6 heteroatoms. The minimum Gasteiger partial charge on any atom is -0.308 e. The van der Waals surface area contributed by atoms with E-state index in [2.05, 4.69) is 42.7 Å². The predicted molar refractivity (Wildman–Crippen MR) is 72.0 cm³/mol. The van der Waals surface area contributed by atoms with Gasteiger partial charge in [-0.2, -0.15) is 0 Å². The Morgan fingerprint density at radius 1 is 1.47 bits per heavy atom. The molecule has 2 aromatic rings. The first-order valence-electron chi connectivity index (χ1n) is 5.40. The van der Waals surface area contributed by atoms with Crippen LogP contribution >= 0.6 is 27.5 Å². The Morgan fingerprint density at radius 3 is 2.94 bits per heavy atom.